The Kier molecular flexibility index (Phi) is 11.0. The minimum absolute atomic E-state index is 0. The molecular formula is C20H34IN7OS. The molecule has 2 aromatic rings. The zero-order valence-electron chi connectivity index (χ0n) is 18.1. The van der Waals surface area contributed by atoms with E-state index in [9.17, 15) is 0 Å². The maximum Gasteiger partial charge on any atom is 0.191 e. The van der Waals surface area contributed by atoms with E-state index >= 15 is 0 Å². The molecule has 2 aromatic heterocycles. The largest absolute Gasteiger partial charge is 0.385 e. The first kappa shape index (κ1) is 25.0. The van der Waals surface area contributed by atoms with E-state index in [0.717, 1.165) is 69.7 Å². The summed E-state index contributed by atoms with van der Waals surface area (Å²) < 4.78 is 7.13. The lowest BCUT2D eigenvalue weighted by molar-refractivity contribution is 0.194. The standard InChI is InChI=1S/C20H33N7OS.HI/c1-16-24-25-19(26(16)2)13-22-20(21-8-4-11-28-3)23-18-5-9-27(10-6-18)14-17-7-12-29-15-17;/h7,12,15,18H,4-6,8-11,13-14H2,1-3H3,(H2,21,22,23);1H. The number of hydrogen-bond donors (Lipinski definition) is 2. The Bertz CT molecular complexity index is 757. The second kappa shape index (κ2) is 13.2. The molecule has 0 radical (unpaired) electrons. The molecule has 168 valence electrons. The van der Waals surface area contributed by atoms with Gasteiger partial charge in [-0.05, 0) is 48.6 Å². The number of thiophene rings is 1. The molecule has 10 heteroatoms. The van der Waals surface area contributed by atoms with Crippen LogP contribution < -0.4 is 10.6 Å². The van der Waals surface area contributed by atoms with Crippen molar-refractivity contribution in [2.45, 2.75) is 45.3 Å². The maximum absolute atomic E-state index is 5.15. The van der Waals surface area contributed by atoms with E-state index in [-0.39, 0.29) is 24.0 Å². The fraction of sp³-hybridized carbons (Fsp3) is 0.650. The van der Waals surface area contributed by atoms with Gasteiger partial charge in [0.25, 0.3) is 0 Å². The molecule has 1 saturated heterocycles. The number of nitrogens with one attached hydrogen (secondary N) is 2. The van der Waals surface area contributed by atoms with Crippen LogP contribution in [0, 0.1) is 6.92 Å². The summed E-state index contributed by atoms with van der Waals surface area (Å²) in [4.78, 5) is 7.29. The van der Waals surface area contributed by atoms with Crippen molar-refractivity contribution in [3.05, 3.63) is 34.0 Å². The minimum atomic E-state index is 0. The molecule has 8 nitrogen and oxygen atoms in total. The smallest absolute Gasteiger partial charge is 0.191 e. The molecule has 0 bridgehead atoms. The third-order valence-electron chi connectivity index (χ3n) is 5.29. The zero-order valence-corrected chi connectivity index (χ0v) is 21.3. The minimum Gasteiger partial charge on any atom is -0.385 e. The van der Waals surface area contributed by atoms with E-state index in [1.54, 1.807) is 18.4 Å². The predicted molar refractivity (Wildman–Crippen MR) is 133 cm³/mol. The van der Waals surface area contributed by atoms with Crippen LogP contribution in [0.1, 0.15) is 36.5 Å². The van der Waals surface area contributed by atoms with Gasteiger partial charge in [0.2, 0.25) is 0 Å². The number of aromatic nitrogens is 3. The summed E-state index contributed by atoms with van der Waals surface area (Å²) >= 11 is 1.77. The third kappa shape index (κ3) is 7.78. The fourth-order valence-corrected chi connectivity index (χ4v) is 4.04. The van der Waals surface area contributed by atoms with E-state index in [0.29, 0.717) is 12.6 Å². The molecule has 0 spiro atoms. The molecule has 0 atom stereocenters. The van der Waals surface area contributed by atoms with Crippen LogP contribution >= 0.6 is 35.3 Å². The first-order chi connectivity index (χ1) is 14.2. The Morgan fingerprint density at radius 1 is 1.33 bits per heavy atom. The van der Waals surface area contributed by atoms with Crippen LogP contribution in [0.5, 0.6) is 0 Å². The number of guanidine groups is 1. The first-order valence-electron chi connectivity index (χ1n) is 10.3. The molecule has 0 unspecified atom stereocenters. The van der Waals surface area contributed by atoms with Crippen molar-refractivity contribution in [3.8, 4) is 0 Å². The van der Waals surface area contributed by atoms with Crippen LogP contribution in [0.2, 0.25) is 0 Å². The van der Waals surface area contributed by atoms with Crippen LogP contribution in [-0.4, -0.2) is 65.0 Å². The zero-order chi connectivity index (χ0) is 20.5. The molecular weight excluding hydrogens is 513 g/mol. The van der Waals surface area contributed by atoms with Gasteiger partial charge in [-0.1, -0.05) is 0 Å². The SMILES string of the molecule is COCCCNC(=NCc1nnc(C)n1C)NC1CCN(Cc2ccsc2)CC1.I. The van der Waals surface area contributed by atoms with Crippen molar-refractivity contribution in [1.82, 2.24) is 30.3 Å². The number of likely N-dealkylation sites (tertiary alicyclic amines) is 1. The van der Waals surface area contributed by atoms with E-state index in [4.69, 9.17) is 9.73 Å². The monoisotopic (exact) mass is 547 g/mol. The number of hydrogen-bond acceptors (Lipinski definition) is 6. The average Bonchev–Trinajstić information content (AvgIpc) is 3.35. The molecule has 0 amide bonds. The normalized spacial score (nSPS) is 15.8. The van der Waals surface area contributed by atoms with Gasteiger partial charge in [-0.25, -0.2) is 4.99 Å². The van der Waals surface area contributed by atoms with Gasteiger partial charge in [-0.3, -0.25) is 4.90 Å². The van der Waals surface area contributed by atoms with Crippen molar-refractivity contribution in [2.75, 3.05) is 33.4 Å². The van der Waals surface area contributed by atoms with Crippen molar-refractivity contribution >= 4 is 41.3 Å². The number of aliphatic imine (C=N–C) groups is 1. The van der Waals surface area contributed by atoms with Crippen molar-refractivity contribution in [1.29, 1.82) is 0 Å². The first-order valence-corrected chi connectivity index (χ1v) is 11.2. The van der Waals surface area contributed by atoms with Gasteiger partial charge >= 0.3 is 0 Å². The van der Waals surface area contributed by atoms with Gasteiger partial charge in [-0.15, -0.1) is 34.2 Å². The summed E-state index contributed by atoms with van der Waals surface area (Å²) in [6.45, 7) is 7.29. The average molecular weight is 548 g/mol. The van der Waals surface area contributed by atoms with Gasteiger partial charge in [0, 0.05) is 53.0 Å². The lowest BCUT2D eigenvalue weighted by atomic mass is 10.0. The number of nitrogens with zero attached hydrogens (tertiary/aromatic N) is 5. The van der Waals surface area contributed by atoms with Crippen molar-refractivity contribution < 1.29 is 4.74 Å². The summed E-state index contributed by atoms with van der Waals surface area (Å²) in [6.07, 6.45) is 3.18. The number of rotatable bonds is 9. The lowest BCUT2D eigenvalue weighted by Crippen LogP contribution is -2.48. The summed E-state index contributed by atoms with van der Waals surface area (Å²) in [5.74, 6) is 2.61. The molecule has 0 aliphatic carbocycles. The van der Waals surface area contributed by atoms with Gasteiger partial charge in [-0.2, -0.15) is 11.3 Å². The van der Waals surface area contributed by atoms with E-state index in [2.05, 4.69) is 42.6 Å². The highest BCUT2D eigenvalue weighted by Gasteiger charge is 2.20. The van der Waals surface area contributed by atoms with Gasteiger partial charge in [0.05, 0.1) is 0 Å². The molecule has 3 rings (SSSR count). The Morgan fingerprint density at radius 3 is 2.77 bits per heavy atom. The highest BCUT2D eigenvalue weighted by molar-refractivity contribution is 14.0. The molecule has 2 N–H and O–H groups in total. The van der Waals surface area contributed by atoms with Crippen LogP contribution in [0.25, 0.3) is 0 Å². The summed E-state index contributed by atoms with van der Waals surface area (Å²) in [5.41, 5.74) is 1.42. The maximum atomic E-state index is 5.15. The molecule has 1 aliphatic rings. The van der Waals surface area contributed by atoms with Crippen LogP contribution in [0.3, 0.4) is 0 Å². The van der Waals surface area contributed by atoms with E-state index in [1.165, 1.54) is 5.56 Å². The molecule has 0 saturated carbocycles. The van der Waals surface area contributed by atoms with Crippen LogP contribution in [-0.2, 0) is 24.9 Å². The van der Waals surface area contributed by atoms with E-state index in [1.807, 2.05) is 18.5 Å². The number of halogens is 1. The van der Waals surface area contributed by atoms with Gasteiger partial charge in [0.15, 0.2) is 11.8 Å². The quantitative estimate of drug-likeness (QED) is 0.218. The molecule has 1 aliphatic heterocycles. The lowest BCUT2D eigenvalue weighted by Gasteiger charge is -2.33. The Morgan fingerprint density at radius 2 is 2.13 bits per heavy atom. The van der Waals surface area contributed by atoms with E-state index < -0.39 is 0 Å². The van der Waals surface area contributed by atoms with Crippen LogP contribution in [0.15, 0.2) is 21.8 Å². The number of piperidine rings is 1. The fourth-order valence-electron chi connectivity index (χ4n) is 3.38. The molecule has 30 heavy (non-hydrogen) atoms. The predicted octanol–water partition coefficient (Wildman–Crippen LogP) is 2.54. The second-order valence-electron chi connectivity index (χ2n) is 7.49. The highest BCUT2D eigenvalue weighted by Crippen LogP contribution is 2.15. The van der Waals surface area contributed by atoms with Gasteiger partial charge in [0.1, 0.15) is 12.4 Å². The molecule has 0 aromatic carbocycles. The Labute approximate surface area is 200 Å². The summed E-state index contributed by atoms with van der Waals surface area (Å²) in [5, 5.41) is 19.8. The van der Waals surface area contributed by atoms with Crippen molar-refractivity contribution in [3.63, 3.8) is 0 Å². The van der Waals surface area contributed by atoms with Gasteiger partial charge < -0.3 is 19.9 Å². The Hall–Kier alpha value is -1.24. The highest BCUT2D eigenvalue weighted by atomic mass is 127. The molecule has 3 heterocycles. The summed E-state index contributed by atoms with van der Waals surface area (Å²) in [7, 11) is 3.70. The number of aryl methyl sites for hydroxylation is 1. The topological polar surface area (TPSA) is 79.6 Å². The third-order valence-corrected chi connectivity index (χ3v) is 6.03. The molecule has 1 fully saturated rings. The summed E-state index contributed by atoms with van der Waals surface area (Å²) in [6, 6.07) is 2.65. The number of methoxy groups -OCH3 is 1. The van der Waals surface area contributed by atoms with Crippen LogP contribution in [0.4, 0.5) is 0 Å². The van der Waals surface area contributed by atoms with Crippen molar-refractivity contribution in [2.24, 2.45) is 12.0 Å². The number of ether oxygens (including phenoxy) is 1. The second-order valence-corrected chi connectivity index (χ2v) is 8.27. The Balaban J connectivity index is 0.00000320.